The van der Waals surface area contributed by atoms with Gasteiger partial charge in [-0.1, -0.05) is 0 Å². The van der Waals surface area contributed by atoms with Crippen molar-refractivity contribution in [1.29, 1.82) is 0 Å². The normalized spacial score (nSPS) is 9.19. The van der Waals surface area contributed by atoms with Crippen LogP contribution in [-0.2, 0) is 57.1 Å². The highest BCUT2D eigenvalue weighted by Crippen LogP contribution is 1.93. The molecule has 29 heteroatoms. The van der Waals surface area contributed by atoms with Gasteiger partial charge in [0.25, 0.3) is 0 Å². The number of carboxylic acid groups (broad SMARTS) is 2. The predicted molar refractivity (Wildman–Crippen MR) is 196 cm³/mol. The van der Waals surface area contributed by atoms with Gasteiger partial charge in [0.1, 0.15) is 6.61 Å². The molecule has 0 aromatic carbocycles. The van der Waals surface area contributed by atoms with Gasteiger partial charge in [0.2, 0.25) is 18.2 Å². The molecule has 0 atom stereocenters. The molecule has 0 rings (SSSR count). The number of carboxylic acids is 2. The van der Waals surface area contributed by atoms with Crippen LogP contribution in [-0.4, -0.2) is 190 Å². The Labute approximate surface area is 338 Å². The SMILES string of the molecule is CC(=O)NCC(CNC(C)=O)C(=O)O.COC(=O)NCC(CNC(=O)OC)OCC(=O)O.COC(=O)NCCNC(=O)OC.COC(=O)NCN(C=O)CNC(=O)OC. The quantitative estimate of drug-likeness (QED) is 0.0251. The Morgan fingerprint density at radius 2 is 0.831 bits per heavy atom. The van der Waals surface area contributed by atoms with Crippen molar-refractivity contribution in [1.82, 2.24) is 47.4 Å². The molecule has 0 saturated heterocycles. The van der Waals surface area contributed by atoms with Gasteiger partial charge >= 0.3 is 48.5 Å². The van der Waals surface area contributed by atoms with Gasteiger partial charge in [-0.3, -0.25) is 19.2 Å². The standard InChI is InChI=1S/C9H16N2O7.C8H14N2O4.C7H13N3O5.C6H12N2O4/c1-16-8(14)10-3-6(18-5-7(12)13)4-11-9(15)17-2;1-5(11)9-3-7(8(13)14)4-10-6(2)12;1-14-6(12)8-3-10(5-11)4-9-7(13)15-2;1-11-5(9)7-3-4-8-6(10)12-2/h6H,3-5H2,1-2H3,(H,10,14)(H,11,15)(H,12,13);7H,3-4H2,1-2H3,(H,9,11)(H,10,12)(H,13,14);5H,3-4H2,1-2H3,(H,8,12)(H,9,13);3-4H2,1-2H3,(H,7,9)(H,8,10). The first kappa shape index (κ1) is 58.6. The van der Waals surface area contributed by atoms with Crippen molar-refractivity contribution < 1.29 is 96.1 Å². The van der Waals surface area contributed by atoms with Crippen LogP contribution in [0.1, 0.15) is 13.8 Å². The molecule has 0 unspecified atom stereocenters. The van der Waals surface area contributed by atoms with E-state index in [1.54, 1.807) is 0 Å². The number of hydrogen-bond acceptors (Lipinski definition) is 18. The number of hydrogen-bond donors (Lipinski definition) is 10. The Kier molecular flexibility index (Phi) is 38.9. The number of ether oxygens (including phenoxy) is 7. The minimum atomic E-state index is -1.16. The molecule has 0 aliphatic rings. The topological polar surface area (TPSA) is 392 Å². The third kappa shape index (κ3) is 43.5. The van der Waals surface area contributed by atoms with E-state index in [2.05, 4.69) is 71.0 Å². The Morgan fingerprint density at radius 1 is 0.508 bits per heavy atom. The lowest BCUT2D eigenvalue weighted by Crippen LogP contribution is -2.43. The van der Waals surface area contributed by atoms with Crippen LogP contribution in [0.25, 0.3) is 0 Å². The molecular weight excluding hydrogens is 806 g/mol. The predicted octanol–water partition coefficient (Wildman–Crippen LogP) is -3.10. The second-order valence-corrected chi connectivity index (χ2v) is 10.2. The number of amides is 9. The highest BCUT2D eigenvalue weighted by atomic mass is 16.6. The number of nitrogens with one attached hydrogen (secondary N) is 8. The maximum atomic E-state index is 10.8. The minimum absolute atomic E-state index is 0.00997. The molecule has 0 aliphatic carbocycles. The molecule has 9 amide bonds. The fourth-order valence-corrected chi connectivity index (χ4v) is 2.78. The number of carbonyl (C=O) groups is 11. The van der Waals surface area contributed by atoms with Gasteiger partial charge in [0.15, 0.2) is 0 Å². The van der Waals surface area contributed by atoms with Gasteiger partial charge in [-0.2, -0.15) is 0 Å². The van der Waals surface area contributed by atoms with E-state index in [0.717, 1.165) is 4.90 Å². The van der Waals surface area contributed by atoms with Gasteiger partial charge < -0.3 is 90.8 Å². The smallest absolute Gasteiger partial charge is 0.408 e. The molecule has 0 radical (unpaired) electrons. The molecule has 0 saturated carbocycles. The minimum Gasteiger partial charge on any atom is -0.481 e. The van der Waals surface area contributed by atoms with Crippen LogP contribution in [0, 0.1) is 5.92 Å². The summed E-state index contributed by atoms with van der Waals surface area (Å²) in [6, 6.07) is 0. The van der Waals surface area contributed by atoms with Crippen LogP contribution in [0.15, 0.2) is 0 Å². The Morgan fingerprint density at radius 3 is 1.10 bits per heavy atom. The third-order valence-electron chi connectivity index (χ3n) is 5.71. The van der Waals surface area contributed by atoms with E-state index in [1.807, 2.05) is 0 Å². The molecule has 59 heavy (non-hydrogen) atoms. The zero-order valence-electron chi connectivity index (χ0n) is 33.8. The molecule has 0 fully saturated rings. The summed E-state index contributed by atoms with van der Waals surface area (Å²) < 4.78 is 30.8. The van der Waals surface area contributed by atoms with Crippen LogP contribution in [0.2, 0.25) is 0 Å². The van der Waals surface area contributed by atoms with Gasteiger partial charge in [0, 0.05) is 53.1 Å². The Bertz CT molecular complexity index is 1230. The van der Waals surface area contributed by atoms with E-state index >= 15 is 0 Å². The average Bonchev–Trinajstić information content (AvgIpc) is 3.21. The van der Waals surface area contributed by atoms with E-state index in [9.17, 15) is 52.7 Å². The summed E-state index contributed by atoms with van der Waals surface area (Å²) in [4.78, 5) is 117. The van der Waals surface area contributed by atoms with Crippen LogP contribution in [0.3, 0.4) is 0 Å². The van der Waals surface area contributed by atoms with Gasteiger partial charge in [0.05, 0.1) is 68.0 Å². The Balaban J connectivity index is -0.000000345. The first-order valence-corrected chi connectivity index (χ1v) is 16.4. The average molecular weight is 862 g/mol. The molecule has 0 spiro atoms. The van der Waals surface area contributed by atoms with Crippen LogP contribution >= 0.6 is 0 Å². The third-order valence-corrected chi connectivity index (χ3v) is 5.71. The molecule has 0 heterocycles. The fraction of sp³-hybridized carbons (Fsp3) is 0.633. The lowest BCUT2D eigenvalue weighted by Gasteiger charge is -2.17. The zero-order valence-corrected chi connectivity index (χ0v) is 33.8. The van der Waals surface area contributed by atoms with Crippen molar-refractivity contribution in [2.24, 2.45) is 5.92 Å². The summed E-state index contributed by atoms with van der Waals surface area (Å²) in [7, 11) is 7.32. The summed E-state index contributed by atoms with van der Waals surface area (Å²) in [6.45, 7) is 2.55. The molecule has 340 valence electrons. The maximum Gasteiger partial charge on any atom is 0.408 e. The zero-order chi connectivity index (χ0) is 46.2. The molecule has 29 nitrogen and oxygen atoms in total. The largest absolute Gasteiger partial charge is 0.481 e. The van der Waals surface area contributed by atoms with Crippen LogP contribution in [0.4, 0.5) is 28.8 Å². The molecule has 0 aromatic heterocycles. The summed E-state index contributed by atoms with van der Waals surface area (Å²) in [5, 5.41) is 35.9. The van der Waals surface area contributed by atoms with Crippen LogP contribution < -0.4 is 42.5 Å². The van der Waals surface area contributed by atoms with Crippen molar-refractivity contribution in [3.05, 3.63) is 0 Å². The number of methoxy groups -OCH3 is 6. The van der Waals surface area contributed by atoms with Crippen molar-refractivity contribution in [3.63, 3.8) is 0 Å². The van der Waals surface area contributed by atoms with E-state index in [1.165, 1.54) is 56.5 Å². The first-order chi connectivity index (χ1) is 27.8. The van der Waals surface area contributed by atoms with E-state index in [0.29, 0.717) is 19.5 Å². The van der Waals surface area contributed by atoms with Crippen molar-refractivity contribution in [3.8, 4) is 0 Å². The van der Waals surface area contributed by atoms with E-state index < -0.39 is 67.1 Å². The second kappa shape index (κ2) is 39.2. The summed E-state index contributed by atoms with van der Waals surface area (Å²) in [5.74, 6) is -3.58. The van der Waals surface area contributed by atoms with Gasteiger partial charge in [-0.15, -0.1) is 0 Å². The maximum absolute atomic E-state index is 10.8. The summed E-state index contributed by atoms with van der Waals surface area (Å²) in [6.07, 6.45) is -4.00. The van der Waals surface area contributed by atoms with E-state index in [-0.39, 0.29) is 51.3 Å². The van der Waals surface area contributed by atoms with Gasteiger partial charge in [-0.05, 0) is 0 Å². The van der Waals surface area contributed by atoms with Crippen molar-refractivity contribution in [2.75, 3.05) is 102 Å². The van der Waals surface area contributed by atoms with Gasteiger partial charge in [-0.25, -0.2) is 33.6 Å². The summed E-state index contributed by atoms with van der Waals surface area (Å²) in [5.41, 5.74) is 0. The second-order valence-electron chi connectivity index (χ2n) is 10.2. The first-order valence-electron chi connectivity index (χ1n) is 16.4. The van der Waals surface area contributed by atoms with Crippen LogP contribution in [0.5, 0.6) is 0 Å². The number of rotatable bonds is 20. The number of alkyl carbamates (subject to hydrolysis) is 6. The van der Waals surface area contributed by atoms with Crippen molar-refractivity contribution in [2.45, 2.75) is 20.0 Å². The molecule has 10 N–H and O–H groups in total. The summed E-state index contributed by atoms with van der Waals surface area (Å²) >= 11 is 0. The monoisotopic (exact) mass is 861 g/mol. The fourth-order valence-electron chi connectivity index (χ4n) is 2.78. The number of aliphatic carboxylic acids is 2. The van der Waals surface area contributed by atoms with Crippen molar-refractivity contribution >= 4 is 66.7 Å². The van der Waals surface area contributed by atoms with E-state index in [4.69, 9.17) is 14.9 Å². The molecule has 0 aliphatic heterocycles. The molecule has 0 bridgehead atoms. The molecule has 0 aromatic rings. The lowest BCUT2D eigenvalue weighted by molar-refractivity contribution is -0.144. The lowest BCUT2D eigenvalue weighted by atomic mass is 10.1. The number of nitrogens with zero attached hydrogens (tertiary/aromatic N) is 1. The molecular formula is C30H55N9O20. The highest BCUT2D eigenvalue weighted by molar-refractivity contribution is 5.77. The Hall–Kier alpha value is -7.07. The number of carbonyl (C=O) groups excluding carboxylic acids is 9. The highest BCUT2D eigenvalue weighted by Gasteiger charge is 2.18.